The van der Waals surface area contributed by atoms with E-state index in [4.69, 9.17) is 18.6 Å². The van der Waals surface area contributed by atoms with Crippen molar-refractivity contribution in [1.29, 1.82) is 0 Å². The van der Waals surface area contributed by atoms with Crippen molar-refractivity contribution in [3.8, 4) is 11.5 Å². The molecule has 0 unspecified atom stereocenters. The molecule has 26 heavy (non-hydrogen) atoms. The molecule has 0 radical (unpaired) electrons. The Morgan fingerprint density at radius 3 is 2.77 bits per heavy atom. The Labute approximate surface area is 150 Å². The van der Waals surface area contributed by atoms with Gasteiger partial charge in [0.15, 0.2) is 17.3 Å². The third kappa shape index (κ3) is 3.11. The predicted octanol–water partition coefficient (Wildman–Crippen LogP) is 3.99. The molecule has 0 fully saturated rings. The first-order valence-corrected chi connectivity index (χ1v) is 8.55. The minimum Gasteiger partial charge on any atom is -0.486 e. The maximum atomic E-state index is 12.8. The predicted molar refractivity (Wildman–Crippen MR) is 96.9 cm³/mol. The number of carbonyl (C=O) groups excluding carboxylic acids is 1. The summed E-state index contributed by atoms with van der Waals surface area (Å²) in [5.74, 6) is 1.23. The fraction of sp³-hybridized carbons (Fsp3) is 0.250. The van der Waals surface area contributed by atoms with Gasteiger partial charge in [0.2, 0.25) is 0 Å². The molecule has 1 aromatic heterocycles. The number of fused-ring (bicyclic) bond motifs is 2. The highest BCUT2D eigenvalue weighted by Gasteiger charge is 2.21. The molecule has 0 bridgehead atoms. The molecule has 1 N–H and O–H groups in total. The Kier molecular flexibility index (Phi) is 4.50. The van der Waals surface area contributed by atoms with E-state index < -0.39 is 0 Å². The molecule has 1 aliphatic rings. The number of anilines is 1. The number of amides is 1. The molecule has 0 saturated carbocycles. The molecule has 3 aromatic rings. The van der Waals surface area contributed by atoms with Crippen LogP contribution in [0.15, 0.2) is 46.9 Å². The van der Waals surface area contributed by atoms with Crippen LogP contribution in [0.2, 0.25) is 0 Å². The van der Waals surface area contributed by atoms with E-state index in [0.717, 1.165) is 10.9 Å². The van der Waals surface area contributed by atoms with Crippen LogP contribution in [0, 0.1) is 0 Å². The van der Waals surface area contributed by atoms with E-state index in [1.54, 1.807) is 18.2 Å². The number of hydrogen-bond acceptors (Lipinski definition) is 5. The minimum absolute atomic E-state index is 0.259. The summed E-state index contributed by atoms with van der Waals surface area (Å²) in [6.07, 6.45) is 0. The van der Waals surface area contributed by atoms with Crippen molar-refractivity contribution in [1.82, 2.24) is 0 Å². The SMILES string of the molecule is CCOCc1c(C(=O)Nc2ccc3c(c2)OCCO3)oc2ccccc12. The molecule has 1 aliphatic heterocycles. The summed E-state index contributed by atoms with van der Waals surface area (Å²) in [7, 11) is 0. The van der Waals surface area contributed by atoms with Gasteiger partial charge in [0.1, 0.15) is 18.8 Å². The van der Waals surface area contributed by atoms with Crippen LogP contribution >= 0.6 is 0 Å². The zero-order valence-corrected chi connectivity index (χ0v) is 14.4. The summed E-state index contributed by atoms with van der Waals surface area (Å²) in [4.78, 5) is 12.8. The average molecular weight is 353 g/mol. The number of rotatable bonds is 5. The molecule has 2 heterocycles. The van der Waals surface area contributed by atoms with Gasteiger partial charge in [-0.25, -0.2) is 0 Å². The van der Waals surface area contributed by atoms with Crippen molar-refractivity contribution in [3.63, 3.8) is 0 Å². The number of furan rings is 1. The molecule has 0 aliphatic carbocycles. The third-order valence-electron chi connectivity index (χ3n) is 4.16. The summed E-state index contributed by atoms with van der Waals surface area (Å²) in [6, 6.07) is 12.9. The smallest absolute Gasteiger partial charge is 0.291 e. The summed E-state index contributed by atoms with van der Waals surface area (Å²) >= 11 is 0. The minimum atomic E-state index is -0.326. The Balaban J connectivity index is 1.63. The van der Waals surface area contributed by atoms with Crippen molar-refractivity contribution in [2.45, 2.75) is 13.5 Å². The fourth-order valence-corrected chi connectivity index (χ4v) is 2.94. The molecule has 0 spiro atoms. The Bertz CT molecular complexity index is 947. The van der Waals surface area contributed by atoms with Crippen LogP contribution < -0.4 is 14.8 Å². The number of ether oxygens (including phenoxy) is 3. The van der Waals surface area contributed by atoms with Crippen molar-refractivity contribution in [3.05, 3.63) is 53.8 Å². The molecule has 1 amide bonds. The molecule has 4 rings (SSSR count). The van der Waals surface area contributed by atoms with E-state index >= 15 is 0 Å². The Morgan fingerprint density at radius 2 is 1.92 bits per heavy atom. The second kappa shape index (κ2) is 7.09. The summed E-state index contributed by atoms with van der Waals surface area (Å²) in [5, 5.41) is 3.74. The molecule has 2 aromatic carbocycles. The topological polar surface area (TPSA) is 69.9 Å². The maximum absolute atomic E-state index is 12.8. The first-order valence-electron chi connectivity index (χ1n) is 8.55. The molecule has 0 atom stereocenters. The molecule has 134 valence electrons. The number of carbonyl (C=O) groups is 1. The standard InChI is InChI=1S/C20H19NO5/c1-2-23-12-15-14-5-3-4-6-16(14)26-19(15)20(22)21-13-7-8-17-18(11-13)25-10-9-24-17/h3-8,11H,2,9-10,12H2,1H3,(H,21,22). The first kappa shape index (κ1) is 16.5. The lowest BCUT2D eigenvalue weighted by atomic mass is 10.1. The van der Waals surface area contributed by atoms with E-state index in [9.17, 15) is 4.79 Å². The summed E-state index contributed by atoms with van der Waals surface area (Å²) in [5.41, 5.74) is 2.02. The van der Waals surface area contributed by atoms with Crippen molar-refractivity contribution < 1.29 is 23.4 Å². The summed E-state index contributed by atoms with van der Waals surface area (Å²) in [6.45, 7) is 3.81. The van der Waals surface area contributed by atoms with Gasteiger partial charge in [-0.05, 0) is 25.1 Å². The van der Waals surface area contributed by atoms with Crippen molar-refractivity contribution >= 4 is 22.6 Å². The zero-order valence-electron chi connectivity index (χ0n) is 14.4. The van der Waals surface area contributed by atoms with Gasteiger partial charge in [-0.15, -0.1) is 0 Å². The van der Waals surface area contributed by atoms with Gasteiger partial charge in [0.25, 0.3) is 5.91 Å². The zero-order chi connectivity index (χ0) is 17.9. The van der Waals surface area contributed by atoms with E-state index in [2.05, 4.69) is 5.32 Å². The lowest BCUT2D eigenvalue weighted by Gasteiger charge is -2.18. The van der Waals surface area contributed by atoms with E-state index in [1.165, 1.54) is 0 Å². The molecule has 6 heteroatoms. The lowest BCUT2D eigenvalue weighted by Crippen LogP contribution is -2.17. The monoisotopic (exact) mass is 353 g/mol. The second-order valence-electron chi connectivity index (χ2n) is 5.86. The van der Waals surface area contributed by atoms with Crippen LogP contribution in [0.5, 0.6) is 11.5 Å². The number of benzene rings is 2. The lowest BCUT2D eigenvalue weighted by molar-refractivity contribution is 0.0984. The maximum Gasteiger partial charge on any atom is 0.291 e. The third-order valence-corrected chi connectivity index (χ3v) is 4.16. The Hall–Kier alpha value is -2.99. The fourth-order valence-electron chi connectivity index (χ4n) is 2.94. The molecular formula is C20H19NO5. The Morgan fingerprint density at radius 1 is 1.12 bits per heavy atom. The van der Waals surface area contributed by atoms with Gasteiger partial charge < -0.3 is 23.9 Å². The highest BCUT2D eigenvalue weighted by Crippen LogP contribution is 2.33. The second-order valence-corrected chi connectivity index (χ2v) is 5.86. The molecule has 6 nitrogen and oxygen atoms in total. The van der Waals surface area contributed by atoms with Crippen LogP contribution in [-0.2, 0) is 11.3 Å². The molecule has 0 saturated heterocycles. The van der Waals surface area contributed by atoms with Crippen LogP contribution in [0.4, 0.5) is 5.69 Å². The number of nitrogens with one attached hydrogen (secondary N) is 1. The van der Waals surface area contributed by atoms with Gasteiger partial charge in [-0.3, -0.25) is 4.79 Å². The van der Waals surface area contributed by atoms with Gasteiger partial charge in [-0.2, -0.15) is 0 Å². The van der Waals surface area contributed by atoms with Crippen LogP contribution in [0.3, 0.4) is 0 Å². The first-order chi connectivity index (χ1) is 12.8. The van der Waals surface area contributed by atoms with E-state index in [0.29, 0.717) is 49.2 Å². The van der Waals surface area contributed by atoms with Gasteiger partial charge in [-0.1, -0.05) is 18.2 Å². The van der Waals surface area contributed by atoms with Gasteiger partial charge in [0.05, 0.1) is 6.61 Å². The van der Waals surface area contributed by atoms with Crippen LogP contribution in [0.25, 0.3) is 11.0 Å². The number of para-hydroxylation sites is 1. The summed E-state index contributed by atoms with van der Waals surface area (Å²) < 4.78 is 22.4. The van der Waals surface area contributed by atoms with Crippen molar-refractivity contribution in [2.24, 2.45) is 0 Å². The highest BCUT2D eigenvalue weighted by atomic mass is 16.6. The van der Waals surface area contributed by atoms with E-state index in [1.807, 2.05) is 31.2 Å². The quantitative estimate of drug-likeness (QED) is 0.751. The van der Waals surface area contributed by atoms with Crippen LogP contribution in [0.1, 0.15) is 23.0 Å². The van der Waals surface area contributed by atoms with Crippen LogP contribution in [-0.4, -0.2) is 25.7 Å². The normalized spacial score (nSPS) is 13.0. The average Bonchev–Trinajstić information content (AvgIpc) is 3.05. The van der Waals surface area contributed by atoms with Crippen molar-refractivity contribution in [2.75, 3.05) is 25.1 Å². The van der Waals surface area contributed by atoms with E-state index in [-0.39, 0.29) is 11.7 Å². The number of hydrogen-bond donors (Lipinski definition) is 1. The van der Waals surface area contributed by atoms with Gasteiger partial charge >= 0.3 is 0 Å². The largest absolute Gasteiger partial charge is 0.486 e. The highest BCUT2D eigenvalue weighted by molar-refractivity contribution is 6.06. The van der Waals surface area contributed by atoms with Gasteiger partial charge in [0, 0.05) is 29.3 Å². The molecular weight excluding hydrogens is 334 g/mol.